The summed E-state index contributed by atoms with van der Waals surface area (Å²) in [5.41, 5.74) is 1.16. The molecule has 4 nitrogen and oxygen atoms in total. The first-order chi connectivity index (χ1) is 9.38. The smallest absolute Gasteiger partial charge is 0.138 e. The Kier molecular flexibility index (Phi) is 4.23. The largest absolute Gasteiger partial charge is 0.385 e. The molecule has 1 N–H and O–H groups in total. The van der Waals surface area contributed by atoms with Crippen LogP contribution in [0.3, 0.4) is 0 Å². The summed E-state index contributed by atoms with van der Waals surface area (Å²) in [6.07, 6.45) is 2.02. The van der Waals surface area contributed by atoms with E-state index in [0.29, 0.717) is 12.3 Å². The van der Waals surface area contributed by atoms with E-state index in [0.717, 1.165) is 17.9 Å². The van der Waals surface area contributed by atoms with Crippen molar-refractivity contribution in [3.63, 3.8) is 0 Å². The van der Waals surface area contributed by atoms with Gasteiger partial charge >= 0.3 is 0 Å². The quantitative estimate of drug-likeness (QED) is 0.911. The number of nitrogens with zero attached hydrogens (tertiary/aromatic N) is 3. The predicted octanol–water partition coefficient (Wildman–Crippen LogP) is 2.69. The van der Waals surface area contributed by atoms with Crippen molar-refractivity contribution in [2.45, 2.75) is 46.3 Å². The first-order valence-corrected chi connectivity index (χ1v) is 7.04. The Bertz CT molecular complexity index is 555. The average Bonchev–Trinajstić information content (AvgIpc) is 2.75. The van der Waals surface area contributed by atoms with Gasteiger partial charge in [-0.1, -0.05) is 43.7 Å². The van der Waals surface area contributed by atoms with E-state index in [1.165, 1.54) is 5.56 Å². The molecule has 4 heteroatoms. The molecule has 0 radical (unpaired) electrons. The molecule has 0 aliphatic carbocycles. The van der Waals surface area contributed by atoms with Crippen molar-refractivity contribution in [2.24, 2.45) is 5.92 Å². The van der Waals surface area contributed by atoms with Gasteiger partial charge in [-0.15, -0.1) is 0 Å². The van der Waals surface area contributed by atoms with Gasteiger partial charge in [-0.25, -0.2) is 9.67 Å². The molecule has 1 aromatic carbocycles. The summed E-state index contributed by atoms with van der Waals surface area (Å²) in [4.78, 5) is 4.29. The number of hydrogen-bond acceptors (Lipinski definition) is 3. The van der Waals surface area contributed by atoms with Gasteiger partial charge in [0, 0.05) is 13.0 Å². The van der Waals surface area contributed by atoms with E-state index >= 15 is 0 Å². The first-order valence-electron chi connectivity index (χ1n) is 7.04. The second kappa shape index (κ2) is 5.75. The molecule has 2 rings (SSSR count). The summed E-state index contributed by atoms with van der Waals surface area (Å²) in [7, 11) is 0. The Labute approximate surface area is 120 Å². The van der Waals surface area contributed by atoms with Crippen molar-refractivity contribution >= 4 is 0 Å². The van der Waals surface area contributed by atoms with Crippen molar-refractivity contribution in [3.8, 4) is 0 Å². The molecule has 0 amide bonds. The zero-order valence-electron chi connectivity index (χ0n) is 12.7. The minimum atomic E-state index is -0.935. The number of rotatable bonds is 5. The van der Waals surface area contributed by atoms with E-state index in [1.54, 1.807) is 6.33 Å². The summed E-state index contributed by atoms with van der Waals surface area (Å²) in [6, 6.07) is 7.97. The maximum absolute atomic E-state index is 10.7. The number of aryl methyl sites for hydroxylation is 1. The highest BCUT2D eigenvalue weighted by Gasteiger charge is 2.26. The van der Waals surface area contributed by atoms with Gasteiger partial charge in [-0.3, -0.25) is 0 Å². The van der Waals surface area contributed by atoms with Crippen LogP contribution < -0.4 is 0 Å². The zero-order chi connectivity index (χ0) is 14.8. The maximum atomic E-state index is 10.7. The molecule has 1 atom stereocenters. The third-order valence-electron chi connectivity index (χ3n) is 3.41. The standard InChI is InChI=1S/C16H23N3O/c1-12(2)10-19-15(17-11-18-19)9-16(4,20)14-7-5-13(3)6-8-14/h5-8,11-12,20H,9-10H2,1-4H3. The topological polar surface area (TPSA) is 50.9 Å². The van der Waals surface area contributed by atoms with Gasteiger partial charge in [0.05, 0.1) is 5.60 Å². The van der Waals surface area contributed by atoms with Gasteiger partial charge in [0.2, 0.25) is 0 Å². The Hall–Kier alpha value is -1.68. The molecule has 20 heavy (non-hydrogen) atoms. The summed E-state index contributed by atoms with van der Waals surface area (Å²) >= 11 is 0. The molecule has 2 aromatic rings. The van der Waals surface area contributed by atoms with Gasteiger partial charge in [-0.05, 0) is 25.3 Å². The fraction of sp³-hybridized carbons (Fsp3) is 0.500. The molecular formula is C16H23N3O. The number of aliphatic hydroxyl groups is 1. The number of benzene rings is 1. The Morgan fingerprint density at radius 3 is 2.50 bits per heavy atom. The molecule has 0 saturated carbocycles. The molecule has 0 fully saturated rings. The van der Waals surface area contributed by atoms with Crippen LogP contribution in [-0.4, -0.2) is 19.9 Å². The van der Waals surface area contributed by atoms with Crippen LogP contribution >= 0.6 is 0 Å². The fourth-order valence-electron chi connectivity index (χ4n) is 2.25. The monoisotopic (exact) mass is 273 g/mol. The van der Waals surface area contributed by atoms with Crippen molar-refractivity contribution in [2.75, 3.05) is 0 Å². The average molecular weight is 273 g/mol. The highest BCUT2D eigenvalue weighted by Crippen LogP contribution is 2.25. The first kappa shape index (κ1) is 14.7. The van der Waals surface area contributed by atoms with E-state index in [2.05, 4.69) is 23.9 Å². The van der Waals surface area contributed by atoms with E-state index in [-0.39, 0.29) is 0 Å². The fourth-order valence-corrected chi connectivity index (χ4v) is 2.25. The van der Waals surface area contributed by atoms with E-state index in [4.69, 9.17) is 0 Å². The van der Waals surface area contributed by atoms with Crippen LogP contribution in [0.4, 0.5) is 0 Å². The highest BCUT2D eigenvalue weighted by molar-refractivity contribution is 5.26. The molecule has 0 spiro atoms. The summed E-state index contributed by atoms with van der Waals surface area (Å²) in [5, 5.41) is 15.0. The summed E-state index contributed by atoms with van der Waals surface area (Å²) in [6.45, 7) is 8.97. The third kappa shape index (κ3) is 3.45. The molecule has 1 heterocycles. The second-order valence-electron chi connectivity index (χ2n) is 6.07. The minimum absolute atomic E-state index is 0.461. The Balaban J connectivity index is 2.19. The minimum Gasteiger partial charge on any atom is -0.385 e. The third-order valence-corrected chi connectivity index (χ3v) is 3.41. The predicted molar refractivity (Wildman–Crippen MR) is 79.3 cm³/mol. The molecule has 0 saturated heterocycles. The molecule has 0 aliphatic heterocycles. The maximum Gasteiger partial charge on any atom is 0.138 e. The normalized spacial score (nSPS) is 14.5. The molecule has 0 bridgehead atoms. The molecule has 1 aromatic heterocycles. The molecule has 0 aliphatic rings. The number of hydrogen-bond donors (Lipinski definition) is 1. The van der Waals surface area contributed by atoms with Crippen LogP contribution in [0.1, 0.15) is 37.7 Å². The van der Waals surface area contributed by atoms with Crippen molar-refractivity contribution in [1.82, 2.24) is 14.8 Å². The second-order valence-corrected chi connectivity index (χ2v) is 6.07. The van der Waals surface area contributed by atoms with E-state index < -0.39 is 5.60 Å². The number of aromatic nitrogens is 3. The summed E-state index contributed by atoms with van der Waals surface area (Å²) < 4.78 is 1.88. The lowest BCUT2D eigenvalue weighted by atomic mass is 9.91. The zero-order valence-corrected chi connectivity index (χ0v) is 12.7. The van der Waals surface area contributed by atoms with Crippen LogP contribution in [0.15, 0.2) is 30.6 Å². The molecule has 1 unspecified atom stereocenters. The lowest BCUT2D eigenvalue weighted by Crippen LogP contribution is -2.27. The Morgan fingerprint density at radius 1 is 1.25 bits per heavy atom. The lowest BCUT2D eigenvalue weighted by molar-refractivity contribution is 0.0540. The van der Waals surface area contributed by atoms with Gasteiger partial charge in [0.1, 0.15) is 12.2 Å². The highest BCUT2D eigenvalue weighted by atomic mass is 16.3. The van der Waals surface area contributed by atoms with Crippen LogP contribution in [0.2, 0.25) is 0 Å². The lowest BCUT2D eigenvalue weighted by Gasteiger charge is -2.24. The summed E-state index contributed by atoms with van der Waals surface area (Å²) in [5.74, 6) is 1.32. The van der Waals surface area contributed by atoms with Gasteiger partial charge < -0.3 is 5.11 Å². The van der Waals surface area contributed by atoms with Crippen LogP contribution in [-0.2, 0) is 18.6 Å². The van der Waals surface area contributed by atoms with Crippen molar-refractivity contribution in [1.29, 1.82) is 0 Å². The van der Waals surface area contributed by atoms with Crippen LogP contribution in [0, 0.1) is 12.8 Å². The van der Waals surface area contributed by atoms with Gasteiger partial charge in [-0.2, -0.15) is 5.10 Å². The SMILES string of the molecule is Cc1ccc(C(C)(O)Cc2ncnn2CC(C)C)cc1. The van der Waals surface area contributed by atoms with E-state index in [1.807, 2.05) is 42.8 Å². The Morgan fingerprint density at radius 2 is 1.90 bits per heavy atom. The van der Waals surface area contributed by atoms with Crippen LogP contribution in [0.25, 0.3) is 0 Å². The molecular weight excluding hydrogens is 250 g/mol. The van der Waals surface area contributed by atoms with Gasteiger partial charge in [0.15, 0.2) is 0 Å². The van der Waals surface area contributed by atoms with E-state index in [9.17, 15) is 5.11 Å². The van der Waals surface area contributed by atoms with Crippen molar-refractivity contribution in [3.05, 3.63) is 47.5 Å². The van der Waals surface area contributed by atoms with Crippen LogP contribution in [0.5, 0.6) is 0 Å². The van der Waals surface area contributed by atoms with Crippen molar-refractivity contribution < 1.29 is 5.11 Å². The van der Waals surface area contributed by atoms with Gasteiger partial charge in [0.25, 0.3) is 0 Å². The molecule has 108 valence electrons.